The molecule has 0 N–H and O–H groups in total. The van der Waals surface area contributed by atoms with Crippen LogP contribution in [0, 0.1) is 5.92 Å². The fourth-order valence-electron chi connectivity index (χ4n) is 3.28. The highest BCUT2D eigenvalue weighted by Crippen LogP contribution is 2.30. The molecule has 0 aromatic heterocycles. The molecule has 1 heterocycles. The molecule has 0 spiro atoms. The minimum atomic E-state index is -0.936. The largest absolute Gasteiger partial charge is 0.367 e. The van der Waals surface area contributed by atoms with Gasteiger partial charge in [0.05, 0.1) is 0 Å². The van der Waals surface area contributed by atoms with Crippen LogP contribution in [0.5, 0.6) is 0 Å². The lowest BCUT2D eigenvalue weighted by molar-refractivity contribution is -0.196. The number of hydrogen-bond donors (Lipinski definition) is 0. The molecule has 2 rings (SSSR count). The lowest BCUT2D eigenvalue weighted by Gasteiger charge is -2.40. The van der Waals surface area contributed by atoms with Crippen molar-refractivity contribution in [1.29, 1.82) is 0 Å². The second-order valence-corrected chi connectivity index (χ2v) is 6.43. The van der Waals surface area contributed by atoms with Crippen LogP contribution in [0.2, 0.25) is 0 Å². The maximum Gasteiger partial charge on any atom is 0.367 e. The Bertz CT molecular complexity index is 513. The van der Waals surface area contributed by atoms with Crippen LogP contribution in [0.15, 0.2) is 0 Å². The molecule has 4 amide bonds. The lowest BCUT2D eigenvalue weighted by Crippen LogP contribution is -2.62. The third-order valence-corrected chi connectivity index (χ3v) is 4.68. The van der Waals surface area contributed by atoms with Gasteiger partial charge in [-0.25, -0.2) is 9.59 Å². The van der Waals surface area contributed by atoms with Crippen LogP contribution in [0.1, 0.15) is 71.6 Å². The molecule has 1 atom stereocenters. The Morgan fingerprint density at radius 1 is 1.08 bits per heavy atom. The zero-order valence-electron chi connectivity index (χ0n) is 14.5. The van der Waals surface area contributed by atoms with Gasteiger partial charge in [0.1, 0.15) is 5.92 Å². The van der Waals surface area contributed by atoms with Crippen molar-refractivity contribution in [1.82, 2.24) is 9.96 Å². The predicted molar refractivity (Wildman–Crippen MR) is 85.4 cm³/mol. The van der Waals surface area contributed by atoms with Crippen LogP contribution in [-0.2, 0) is 19.2 Å². The smallest absolute Gasteiger partial charge is 0.329 e. The molecule has 1 saturated heterocycles. The van der Waals surface area contributed by atoms with Gasteiger partial charge in [-0.3, -0.25) is 14.5 Å². The number of urea groups is 1. The number of hydroxylamine groups is 2. The number of amides is 4. The van der Waals surface area contributed by atoms with Gasteiger partial charge in [-0.1, -0.05) is 51.0 Å². The third kappa shape index (κ3) is 3.76. The van der Waals surface area contributed by atoms with E-state index in [9.17, 15) is 19.2 Å². The van der Waals surface area contributed by atoms with E-state index in [-0.39, 0.29) is 12.5 Å². The molecule has 0 bridgehead atoms. The van der Waals surface area contributed by atoms with Gasteiger partial charge < -0.3 is 4.84 Å². The molecule has 1 unspecified atom stereocenters. The first-order valence-electron chi connectivity index (χ1n) is 8.93. The third-order valence-electron chi connectivity index (χ3n) is 4.68. The Hall–Kier alpha value is -1.92. The highest BCUT2D eigenvalue weighted by molar-refractivity contribution is 6.15. The minimum absolute atomic E-state index is 0.0497. The number of rotatable bonds is 6. The first-order valence-corrected chi connectivity index (χ1v) is 8.93. The van der Waals surface area contributed by atoms with E-state index in [0.29, 0.717) is 17.9 Å². The van der Waals surface area contributed by atoms with E-state index >= 15 is 0 Å². The molecule has 2 aliphatic rings. The molecular formula is C17H26N2O5. The summed E-state index contributed by atoms with van der Waals surface area (Å²) in [7, 11) is 0. The van der Waals surface area contributed by atoms with Crippen LogP contribution in [0.3, 0.4) is 0 Å². The van der Waals surface area contributed by atoms with E-state index in [4.69, 9.17) is 4.84 Å². The fourth-order valence-corrected chi connectivity index (χ4v) is 3.28. The quantitative estimate of drug-likeness (QED) is 0.695. The predicted octanol–water partition coefficient (Wildman–Crippen LogP) is 2.78. The summed E-state index contributed by atoms with van der Waals surface area (Å²) in [5.41, 5.74) is 0. The summed E-state index contributed by atoms with van der Waals surface area (Å²) in [6.45, 7) is 3.55. The second-order valence-electron chi connectivity index (χ2n) is 6.43. The lowest BCUT2D eigenvalue weighted by atomic mass is 9.91. The van der Waals surface area contributed by atoms with Crippen LogP contribution in [0.25, 0.3) is 0 Å². The topological polar surface area (TPSA) is 84.0 Å². The van der Waals surface area contributed by atoms with E-state index in [1.54, 1.807) is 6.92 Å². The molecule has 0 aromatic carbocycles. The van der Waals surface area contributed by atoms with E-state index in [1.807, 2.05) is 6.92 Å². The Balaban J connectivity index is 2.26. The van der Waals surface area contributed by atoms with Gasteiger partial charge in [0.2, 0.25) is 5.91 Å². The number of hydrogen-bond acceptors (Lipinski definition) is 5. The number of carbonyl (C=O) groups excluding carboxylic acids is 4. The normalized spacial score (nSPS) is 22.9. The van der Waals surface area contributed by atoms with E-state index in [1.165, 1.54) is 4.90 Å². The summed E-state index contributed by atoms with van der Waals surface area (Å²) in [6, 6.07) is -1.02. The monoisotopic (exact) mass is 338 g/mol. The molecule has 134 valence electrons. The van der Waals surface area contributed by atoms with Gasteiger partial charge >= 0.3 is 12.0 Å². The van der Waals surface area contributed by atoms with Gasteiger partial charge in [0.25, 0.3) is 5.91 Å². The molecule has 1 saturated carbocycles. The standard InChI is InChI=1S/C17H26N2O5/c1-3-5-11-13-15(21)18(12-9-7-6-8-10-12)17(23)19(16(13)22)24-14(20)4-2/h12-13H,3-11H2,1-2H3. The number of unbranched alkanes of at least 4 members (excludes halogenated alkanes) is 1. The van der Waals surface area contributed by atoms with E-state index in [2.05, 4.69) is 0 Å². The van der Waals surface area contributed by atoms with Crippen molar-refractivity contribution in [2.45, 2.75) is 77.7 Å². The van der Waals surface area contributed by atoms with Crippen molar-refractivity contribution in [3.05, 3.63) is 0 Å². The number of carbonyl (C=O) groups is 4. The van der Waals surface area contributed by atoms with Crippen molar-refractivity contribution in [2.24, 2.45) is 5.92 Å². The second kappa shape index (κ2) is 8.26. The highest BCUT2D eigenvalue weighted by atomic mass is 16.7. The average Bonchev–Trinajstić information content (AvgIpc) is 2.59. The first-order chi connectivity index (χ1) is 11.5. The summed E-state index contributed by atoms with van der Waals surface area (Å²) in [5, 5.41) is 0.516. The Labute approximate surface area is 142 Å². The molecule has 0 radical (unpaired) electrons. The van der Waals surface area contributed by atoms with Crippen LogP contribution in [-0.4, -0.2) is 39.8 Å². The molecule has 1 aliphatic carbocycles. The number of barbiturate groups is 1. The molecule has 1 aliphatic heterocycles. The van der Waals surface area contributed by atoms with Crippen molar-refractivity contribution < 1.29 is 24.0 Å². The summed E-state index contributed by atoms with van der Waals surface area (Å²) in [6.07, 6.45) is 6.41. The zero-order chi connectivity index (χ0) is 17.7. The fraction of sp³-hybridized carbons (Fsp3) is 0.765. The highest BCUT2D eigenvalue weighted by Gasteiger charge is 2.49. The van der Waals surface area contributed by atoms with Crippen LogP contribution >= 0.6 is 0 Å². The Morgan fingerprint density at radius 3 is 2.33 bits per heavy atom. The number of imide groups is 2. The molecule has 7 heteroatoms. The van der Waals surface area contributed by atoms with Gasteiger partial charge in [-0.15, -0.1) is 0 Å². The van der Waals surface area contributed by atoms with Crippen LogP contribution < -0.4 is 0 Å². The maximum absolute atomic E-state index is 12.8. The molecule has 24 heavy (non-hydrogen) atoms. The van der Waals surface area contributed by atoms with Gasteiger partial charge in [-0.05, 0) is 19.3 Å². The van der Waals surface area contributed by atoms with Crippen molar-refractivity contribution in [2.75, 3.05) is 0 Å². The summed E-state index contributed by atoms with van der Waals surface area (Å²) in [5.74, 6) is -2.75. The summed E-state index contributed by atoms with van der Waals surface area (Å²) in [4.78, 5) is 55.6. The first kappa shape index (κ1) is 18.4. The Kier molecular flexibility index (Phi) is 6.34. The van der Waals surface area contributed by atoms with E-state index in [0.717, 1.165) is 38.5 Å². The van der Waals surface area contributed by atoms with Gasteiger partial charge in [-0.2, -0.15) is 0 Å². The SMILES string of the molecule is CCCCC1C(=O)N(OC(=O)CC)C(=O)N(C2CCCCC2)C1=O. The van der Waals surface area contributed by atoms with Crippen molar-refractivity contribution in [3.8, 4) is 0 Å². The van der Waals surface area contributed by atoms with E-state index < -0.39 is 29.7 Å². The summed E-state index contributed by atoms with van der Waals surface area (Å²) >= 11 is 0. The van der Waals surface area contributed by atoms with Gasteiger partial charge in [0, 0.05) is 12.5 Å². The Morgan fingerprint density at radius 2 is 1.75 bits per heavy atom. The molecule has 7 nitrogen and oxygen atoms in total. The molecular weight excluding hydrogens is 312 g/mol. The summed E-state index contributed by atoms with van der Waals surface area (Å²) < 4.78 is 0. The zero-order valence-corrected chi connectivity index (χ0v) is 14.5. The maximum atomic E-state index is 12.8. The molecule has 0 aromatic rings. The average molecular weight is 338 g/mol. The van der Waals surface area contributed by atoms with Crippen molar-refractivity contribution >= 4 is 23.8 Å². The minimum Gasteiger partial charge on any atom is -0.329 e. The van der Waals surface area contributed by atoms with Crippen LogP contribution in [0.4, 0.5) is 4.79 Å². The molecule has 2 fully saturated rings. The van der Waals surface area contributed by atoms with Gasteiger partial charge in [0.15, 0.2) is 0 Å². The number of nitrogens with zero attached hydrogens (tertiary/aromatic N) is 2. The van der Waals surface area contributed by atoms with Crippen molar-refractivity contribution in [3.63, 3.8) is 0 Å².